The zero-order valence-electron chi connectivity index (χ0n) is 12.6. The zero-order valence-corrected chi connectivity index (χ0v) is 14.2. The first-order chi connectivity index (χ1) is 9.61. The third-order valence-corrected chi connectivity index (χ3v) is 4.57. The number of hydrogen-bond donors (Lipinski definition) is 1. The molecule has 1 saturated carbocycles. The second kappa shape index (κ2) is 7.46. The van der Waals surface area contributed by atoms with Crippen molar-refractivity contribution in [2.75, 3.05) is 13.2 Å². The van der Waals surface area contributed by atoms with Gasteiger partial charge in [0.15, 0.2) is 0 Å². The van der Waals surface area contributed by atoms with Crippen LogP contribution >= 0.6 is 15.9 Å². The molecule has 1 aliphatic carbocycles. The van der Waals surface area contributed by atoms with Crippen molar-refractivity contribution < 1.29 is 4.74 Å². The van der Waals surface area contributed by atoms with E-state index >= 15 is 0 Å². The second-order valence-corrected chi connectivity index (χ2v) is 7.18. The minimum Gasteiger partial charge on any atom is -0.494 e. The fourth-order valence-electron chi connectivity index (χ4n) is 2.53. The van der Waals surface area contributed by atoms with Gasteiger partial charge in [0.1, 0.15) is 5.75 Å². The average Bonchev–Trinajstić information content (AvgIpc) is 3.23. The third-order valence-electron chi connectivity index (χ3n) is 4.04. The highest BCUT2D eigenvalue weighted by molar-refractivity contribution is 9.10. The highest BCUT2D eigenvalue weighted by Gasteiger charge is 2.27. The Bertz CT molecular complexity index is 402. The van der Waals surface area contributed by atoms with Gasteiger partial charge in [-0.15, -0.1) is 0 Å². The van der Waals surface area contributed by atoms with E-state index in [-0.39, 0.29) is 0 Å². The molecule has 0 saturated heterocycles. The fraction of sp³-hybridized carbons (Fsp3) is 0.647. The van der Waals surface area contributed by atoms with E-state index < -0.39 is 0 Å². The first-order valence-corrected chi connectivity index (χ1v) is 8.52. The molecule has 2 rings (SSSR count). The van der Waals surface area contributed by atoms with Gasteiger partial charge in [0.25, 0.3) is 0 Å². The van der Waals surface area contributed by atoms with Gasteiger partial charge in [-0.25, -0.2) is 0 Å². The summed E-state index contributed by atoms with van der Waals surface area (Å²) in [5.74, 6) is 0.960. The molecule has 112 valence electrons. The van der Waals surface area contributed by atoms with E-state index in [4.69, 9.17) is 4.74 Å². The number of benzene rings is 1. The fourth-order valence-corrected chi connectivity index (χ4v) is 2.79. The van der Waals surface area contributed by atoms with Gasteiger partial charge < -0.3 is 10.1 Å². The van der Waals surface area contributed by atoms with Crippen LogP contribution in [0.4, 0.5) is 0 Å². The topological polar surface area (TPSA) is 21.3 Å². The highest BCUT2D eigenvalue weighted by Crippen LogP contribution is 2.29. The van der Waals surface area contributed by atoms with Crippen molar-refractivity contribution in [3.63, 3.8) is 0 Å². The SMILES string of the molecule is CCCC(C)(CCOc1ccc(Br)cc1)CNC1CC1. The van der Waals surface area contributed by atoms with Gasteiger partial charge in [0.05, 0.1) is 6.61 Å². The van der Waals surface area contributed by atoms with E-state index in [1.807, 2.05) is 24.3 Å². The Morgan fingerprint density at radius 3 is 2.55 bits per heavy atom. The van der Waals surface area contributed by atoms with Crippen molar-refractivity contribution >= 4 is 15.9 Å². The summed E-state index contributed by atoms with van der Waals surface area (Å²) in [5, 5.41) is 3.68. The minimum absolute atomic E-state index is 0.354. The molecule has 1 aromatic rings. The Balaban J connectivity index is 1.76. The average molecular weight is 340 g/mol. The lowest BCUT2D eigenvalue weighted by atomic mass is 9.82. The van der Waals surface area contributed by atoms with Crippen molar-refractivity contribution in [2.45, 2.75) is 52.0 Å². The molecule has 1 unspecified atom stereocenters. The summed E-state index contributed by atoms with van der Waals surface area (Å²) in [6.45, 7) is 6.57. The first kappa shape index (κ1) is 15.8. The van der Waals surface area contributed by atoms with Crippen molar-refractivity contribution in [1.82, 2.24) is 5.32 Å². The molecular formula is C17H26BrNO. The highest BCUT2D eigenvalue weighted by atomic mass is 79.9. The van der Waals surface area contributed by atoms with Crippen molar-refractivity contribution in [3.8, 4) is 5.75 Å². The quantitative estimate of drug-likeness (QED) is 0.699. The summed E-state index contributed by atoms with van der Waals surface area (Å²) < 4.78 is 6.97. The zero-order chi connectivity index (χ0) is 14.4. The Morgan fingerprint density at radius 1 is 1.25 bits per heavy atom. The molecule has 1 fully saturated rings. The molecular weight excluding hydrogens is 314 g/mol. The van der Waals surface area contributed by atoms with E-state index in [1.54, 1.807) is 0 Å². The molecule has 1 N–H and O–H groups in total. The maximum Gasteiger partial charge on any atom is 0.119 e. The Labute approximate surface area is 131 Å². The van der Waals surface area contributed by atoms with Crippen LogP contribution in [0.1, 0.15) is 46.0 Å². The molecule has 2 nitrogen and oxygen atoms in total. The molecule has 0 aliphatic heterocycles. The van der Waals surface area contributed by atoms with Crippen LogP contribution in [0.25, 0.3) is 0 Å². The summed E-state index contributed by atoms with van der Waals surface area (Å²) in [5.41, 5.74) is 0.354. The molecule has 1 aromatic carbocycles. The van der Waals surface area contributed by atoms with Crippen LogP contribution in [-0.2, 0) is 0 Å². The van der Waals surface area contributed by atoms with Gasteiger partial charge in [-0.05, 0) is 55.4 Å². The number of nitrogens with one attached hydrogen (secondary N) is 1. The van der Waals surface area contributed by atoms with E-state index in [1.165, 1.54) is 25.7 Å². The molecule has 0 aromatic heterocycles. The van der Waals surface area contributed by atoms with Gasteiger partial charge in [-0.2, -0.15) is 0 Å². The number of ether oxygens (including phenoxy) is 1. The minimum atomic E-state index is 0.354. The smallest absolute Gasteiger partial charge is 0.119 e. The molecule has 0 heterocycles. The Kier molecular flexibility index (Phi) is 5.91. The van der Waals surface area contributed by atoms with Crippen LogP contribution in [0.15, 0.2) is 28.7 Å². The molecule has 0 radical (unpaired) electrons. The van der Waals surface area contributed by atoms with Crippen molar-refractivity contribution in [1.29, 1.82) is 0 Å². The molecule has 3 heteroatoms. The van der Waals surface area contributed by atoms with Crippen LogP contribution in [0.5, 0.6) is 5.75 Å². The van der Waals surface area contributed by atoms with Gasteiger partial charge in [0.2, 0.25) is 0 Å². The first-order valence-electron chi connectivity index (χ1n) is 7.73. The molecule has 1 atom stereocenters. The van der Waals surface area contributed by atoms with E-state index in [9.17, 15) is 0 Å². The number of rotatable bonds is 9. The van der Waals surface area contributed by atoms with Crippen LogP contribution in [0.3, 0.4) is 0 Å². The predicted molar refractivity (Wildman–Crippen MR) is 88.3 cm³/mol. The molecule has 0 bridgehead atoms. The van der Waals surface area contributed by atoms with Crippen LogP contribution in [0, 0.1) is 5.41 Å². The standard InChI is InChI=1S/C17H26BrNO/c1-3-10-17(2,13-19-15-6-7-15)11-12-20-16-8-4-14(18)5-9-16/h4-5,8-9,15,19H,3,6-7,10-13H2,1-2H3. The van der Waals surface area contributed by atoms with Gasteiger partial charge in [-0.3, -0.25) is 0 Å². The molecule has 20 heavy (non-hydrogen) atoms. The van der Waals surface area contributed by atoms with E-state index in [0.29, 0.717) is 5.41 Å². The lowest BCUT2D eigenvalue weighted by Gasteiger charge is -2.30. The maximum absolute atomic E-state index is 5.88. The Morgan fingerprint density at radius 2 is 1.95 bits per heavy atom. The van der Waals surface area contributed by atoms with Crippen LogP contribution in [0.2, 0.25) is 0 Å². The molecule has 1 aliphatic rings. The second-order valence-electron chi connectivity index (χ2n) is 6.27. The summed E-state index contributed by atoms with van der Waals surface area (Å²) >= 11 is 3.44. The largest absolute Gasteiger partial charge is 0.494 e. The molecule has 0 spiro atoms. The predicted octanol–water partition coefficient (Wildman–Crippen LogP) is 4.78. The lowest BCUT2D eigenvalue weighted by molar-refractivity contribution is 0.192. The van der Waals surface area contributed by atoms with Gasteiger partial charge >= 0.3 is 0 Å². The van der Waals surface area contributed by atoms with Crippen molar-refractivity contribution in [3.05, 3.63) is 28.7 Å². The summed E-state index contributed by atoms with van der Waals surface area (Å²) in [6, 6.07) is 8.87. The number of halogens is 1. The summed E-state index contributed by atoms with van der Waals surface area (Å²) in [7, 11) is 0. The Hall–Kier alpha value is -0.540. The van der Waals surface area contributed by atoms with Gasteiger partial charge in [-0.1, -0.05) is 36.2 Å². The number of hydrogen-bond acceptors (Lipinski definition) is 2. The van der Waals surface area contributed by atoms with Crippen molar-refractivity contribution in [2.24, 2.45) is 5.41 Å². The monoisotopic (exact) mass is 339 g/mol. The molecule has 0 amide bonds. The van der Waals surface area contributed by atoms with Gasteiger partial charge in [0, 0.05) is 17.1 Å². The van der Waals surface area contributed by atoms with Crippen LogP contribution < -0.4 is 10.1 Å². The summed E-state index contributed by atoms with van der Waals surface area (Å²) in [4.78, 5) is 0. The summed E-state index contributed by atoms with van der Waals surface area (Å²) in [6.07, 6.45) is 6.32. The lowest BCUT2D eigenvalue weighted by Crippen LogP contribution is -2.34. The third kappa shape index (κ3) is 5.45. The normalized spacial score (nSPS) is 17.8. The van der Waals surface area contributed by atoms with E-state index in [2.05, 4.69) is 35.1 Å². The maximum atomic E-state index is 5.88. The van der Waals surface area contributed by atoms with E-state index in [0.717, 1.165) is 35.8 Å². The van der Waals surface area contributed by atoms with Crippen LogP contribution in [-0.4, -0.2) is 19.2 Å².